The lowest BCUT2D eigenvalue weighted by atomic mass is 10.2. The number of carbonyl (C=O) groups is 1. The van der Waals surface area contributed by atoms with Crippen LogP contribution in [0, 0.1) is 13.8 Å². The van der Waals surface area contributed by atoms with Gasteiger partial charge in [-0.05, 0) is 43.2 Å². The van der Waals surface area contributed by atoms with Crippen molar-refractivity contribution >= 4 is 44.8 Å². The molecule has 0 aliphatic carbocycles. The second-order valence-electron chi connectivity index (χ2n) is 6.45. The van der Waals surface area contributed by atoms with E-state index in [-0.39, 0.29) is 26.7 Å². The quantitative estimate of drug-likeness (QED) is 0.427. The maximum absolute atomic E-state index is 12.7. The molecule has 0 atom stereocenters. The molecular formula is C20H18ClN3O4S2. The summed E-state index contributed by atoms with van der Waals surface area (Å²) in [6.07, 6.45) is 0.990. The van der Waals surface area contributed by atoms with Gasteiger partial charge in [-0.15, -0.1) is 0 Å². The van der Waals surface area contributed by atoms with Crippen LogP contribution in [0.2, 0.25) is 5.02 Å². The number of hydrogen-bond donors (Lipinski definition) is 2. The number of nitrogens with one attached hydrogen (secondary N) is 2. The molecule has 0 saturated heterocycles. The average Bonchev–Trinajstić information content (AvgIpc) is 2.70. The first-order valence-corrected chi connectivity index (χ1v) is 11.6. The van der Waals surface area contributed by atoms with E-state index in [1.165, 1.54) is 12.1 Å². The van der Waals surface area contributed by atoms with Crippen LogP contribution in [0.1, 0.15) is 11.1 Å². The Bertz CT molecular complexity index is 1270. The maximum atomic E-state index is 12.7. The summed E-state index contributed by atoms with van der Waals surface area (Å²) < 4.78 is 25.5. The summed E-state index contributed by atoms with van der Waals surface area (Å²) in [6.45, 7) is 3.62. The summed E-state index contributed by atoms with van der Waals surface area (Å²) in [5.41, 5.74) is 1.53. The van der Waals surface area contributed by atoms with Gasteiger partial charge in [-0.1, -0.05) is 47.6 Å². The zero-order chi connectivity index (χ0) is 21.9. The van der Waals surface area contributed by atoms with Crippen LogP contribution in [0.4, 0.5) is 5.69 Å². The molecular weight excluding hydrogens is 446 g/mol. The number of nitrogens with zero attached hydrogens (tertiary/aromatic N) is 1. The second kappa shape index (κ2) is 9.03. The predicted octanol–water partition coefficient (Wildman–Crippen LogP) is 3.60. The number of H-pyrrole nitrogens is 1. The molecule has 2 aromatic carbocycles. The summed E-state index contributed by atoms with van der Waals surface area (Å²) in [5, 5.41) is 3.20. The Balaban J connectivity index is 1.73. The standard InChI is InChI=1S/C20H18ClN3O4S2/c1-12-7-8-14(9-15(12)21)30(27,28)17-10-22-20(24-19(17)26)29-11-18(25)23-16-6-4-3-5-13(16)2/h3-10H,11H2,1-2H3,(H,23,25)(H,22,24,26). The molecule has 1 amide bonds. The minimum atomic E-state index is -4.08. The maximum Gasteiger partial charge on any atom is 0.270 e. The molecule has 10 heteroatoms. The summed E-state index contributed by atoms with van der Waals surface area (Å²) in [6, 6.07) is 11.6. The minimum Gasteiger partial charge on any atom is -0.325 e. The Kier molecular flexibility index (Phi) is 6.64. The smallest absolute Gasteiger partial charge is 0.270 e. The third-order valence-electron chi connectivity index (χ3n) is 4.25. The van der Waals surface area contributed by atoms with Crippen molar-refractivity contribution in [3.63, 3.8) is 0 Å². The lowest BCUT2D eigenvalue weighted by molar-refractivity contribution is -0.113. The van der Waals surface area contributed by atoms with Crippen LogP contribution in [0.15, 0.2) is 68.4 Å². The van der Waals surface area contributed by atoms with Gasteiger partial charge < -0.3 is 10.3 Å². The SMILES string of the molecule is Cc1ccc(S(=O)(=O)c2cnc(SCC(=O)Nc3ccccc3C)[nH]c2=O)cc1Cl. The Morgan fingerprint density at radius 3 is 2.57 bits per heavy atom. The number of aromatic amines is 1. The molecule has 0 aliphatic rings. The highest BCUT2D eigenvalue weighted by Gasteiger charge is 2.23. The van der Waals surface area contributed by atoms with Crippen molar-refractivity contribution < 1.29 is 13.2 Å². The summed E-state index contributed by atoms with van der Waals surface area (Å²) in [4.78, 5) is 30.3. The molecule has 0 bridgehead atoms. The Morgan fingerprint density at radius 2 is 1.90 bits per heavy atom. The largest absolute Gasteiger partial charge is 0.325 e. The number of para-hydroxylation sites is 1. The van der Waals surface area contributed by atoms with Gasteiger partial charge in [0.15, 0.2) is 10.1 Å². The van der Waals surface area contributed by atoms with Gasteiger partial charge in [0, 0.05) is 10.7 Å². The van der Waals surface area contributed by atoms with Crippen molar-refractivity contribution in [3.05, 3.63) is 75.2 Å². The molecule has 0 spiro atoms. The Hall–Kier alpha value is -2.62. The van der Waals surface area contributed by atoms with E-state index in [0.29, 0.717) is 5.69 Å². The highest BCUT2D eigenvalue weighted by Crippen LogP contribution is 2.24. The van der Waals surface area contributed by atoms with Crippen LogP contribution < -0.4 is 10.9 Å². The van der Waals surface area contributed by atoms with Crippen molar-refractivity contribution in [1.82, 2.24) is 9.97 Å². The molecule has 0 radical (unpaired) electrons. The molecule has 3 aromatic rings. The van der Waals surface area contributed by atoms with Crippen molar-refractivity contribution in [3.8, 4) is 0 Å². The van der Waals surface area contributed by atoms with Gasteiger partial charge in [-0.3, -0.25) is 9.59 Å². The molecule has 7 nitrogen and oxygen atoms in total. The fraction of sp³-hybridized carbons (Fsp3) is 0.150. The number of anilines is 1. The van der Waals surface area contributed by atoms with E-state index in [2.05, 4.69) is 15.3 Å². The molecule has 0 unspecified atom stereocenters. The van der Waals surface area contributed by atoms with Crippen molar-refractivity contribution in [2.75, 3.05) is 11.1 Å². The van der Waals surface area contributed by atoms with E-state index in [1.54, 1.807) is 19.1 Å². The van der Waals surface area contributed by atoms with Crippen molar-refractivity contribution in [2.45, 2.75) is 28.8 Å². The van der Waals surface area contributed by atoms with Gasteiger partial charge in [-0.2, -0.15) is 0 Å². The number of aryl methyl sites for hydroxylation is 2. The predicted molar refractivity (Wildman–Crippen MR) is 117 cm³/mol. The first-order chi connectivity index (χ1) is 14.2. The highest BCUT2D eigenvalue weighted by atomic mass is 35.5. The van der Waals surface area contributed by atoms with E-state index < -0.39 is 20.3 Å². The number of hydrogen-bond acceptors (Lipinski definition) is 6. The summed E-state index contributed by atoms with van der Waals surface area (Å²) in [5.74, 6) is -0.278. The number of halogens is 1. The molecule has 0 aliphatic heterocycles. The third-order valence-corrected chi connectivity index (χ3v) is 7.28. The van der Waals surface area contributed by atoms with E-state index in [4.69, 9.17) is 11.6 Å². The molecule has 1 aromatic heterocycles. The molecule has 1 heterocycles. The van der Waals surface area contributed by atoms with Crippen LogP contribution in [0.5, 0.6) is 0 Å². The van der Waals surface area contributed by atoms with Gasteiger partial charge in [0.2, 0.25) is 15.7 Å². The molecule has 156 valence electrons. The topological polar surface area (TPSA) is 109 Å². The van der Waals surface area contributed by atoms with Gasteiger partial charge in [-0.25, -0.2) is 13.4 Å². The first-order valence-electron chi connectivity index (χ1n) is 8.77. The Morgan fingerprint density at radius 1 is 1.17 bits per heavy atom. The fourth-order valence-electron chi connectivity index (χ4n) is 2.53. The number of thioether (sulfide) groups is 1. The lowest BCUT2D eigenvalue weighted by Gasteiger charge is -2.08. The second-order valence-corrected chi connectivity index (χ2v) is 9.74. The number of benzene rings is 2. The number of rotatable bonds is 6. The fourth-order valence-corrected chi connectivity index (χ4v) is 4.67. The monoisotopic (exact) mass is 463 g/mol. The summed E-state index contributed by atoms with van der Waals surface area (Å²) >= 11 is 7.00. The Labute approximate surface area is 182 Å². The summed E-state index contributed by atoms with van der Waals surface area (Å²) in [7, 11) is -4.08. The van der Waals surface area contributed by atoms with Gasteiger partial charge >= 0.3 is 0 Å². The van der Waals surface area contributed by atoms with Crippen LogP contribution >= 0.6 is 23.4 Å². The molecule has 0 saturated carbocycles. The average molecular weight is 464 g/mol. The van der Waals surface area contributed by atoms with E-state index >= 15 is 0 Å². The first kappa shape index (κ1) is 22.1. The third kappa shape index (κ3) is 4.92. The van der Waals surface area contributed by atoms with Gasteiger partial charge in [0.25, 0.3) is 5.56 Å². The van der Waals surface area contributed by atoms with Crippen molar-refractivity contribution in [1.29, 1.82) is 0 Å². The van der Waals surface area contributed by atoms with Crippen LogP contribution in [0.25, 0.3) is 0 Å². The zero-order valence-corrected chi connectivity index (χ0v) is 18.5. The minimum absolute atomic E-state index is 0.00303. The van der Waals surface area contributed by atoms with Crippen molar-refractivity contribution in [2.24, 2.45) is 0 Å². The normalized spacial score (nSPS) is 11.3. The van der Waals surface area contributed by atoms with Gasteiger partial charge in [0.05, 0.1) is 16.8 Å². The van der Waals surface area contributed by atoms with Crippen LogP contribution in [-0.2, 0) is 14.6 Å². The number of sulfone groups is 1. The number of amides is 1. The molecule has 30 heavy (non-hydrogen) atoms. The molecule has 2 N–H and O–H groups in total. The zero-order valence-electron chi connectivity index (χ0n) is 16.1. The van der Waals surface area contributed by atoms with E-state index in [9.17, 15) is 18.0 Å². The lowest BCUT2D eigenvalue weighted by Crippen LogP contribution is -2.20. The van der Waals surface area contributed by atoms with Gasteiger partial charge in [0.1, 0.15) is 0 Å². The molecule has 3 rings (SSSR count). The van der Waals surface area contributed by atoms with Crippen LogP contribution in [-0.4, -0.2) is 30.0 Å². The van der Waals surface area contributed by atoms with E-state index in [1.807, 2.05) is 25.1 Å². The highest BCUT2D eigenvalue weighted by molar-refractivity contribution is 7.99. The number of aromatic nitrogens is 2. The molecule has 0 fully saturated rings. The number of carbonyl (C=O) groups excluding carboxylic acids is 1. The van der Waals surface area contributed by atoms with E-state index in [0.717, 1.165) is 29.1 Å². The van der Waals surface area contributed by atoms with Crippen LogP contribution in [0.3, 0.4) is 0 Å².